The van der Waals surface area contributed by atoms with Gasteiger partial charge >= 0.3 is 5.97 Å². The highest BCUT2D eigenvalue weighted by molar-refractivity contribution is 5.71. The normalized spacial score (nSPS) is 11.0. The summed E-state index contributed by atoms with van der Waals surface area (Å²) in [5.41, 5.74) is 0. The van der Waals surface area contributed by atoms with E-state index in [-0.39, 0.29) is 18.6 Å². The highest BCUT2D eigenvalue weighted by Crippen LogP contribution is 2.05. The van der Waals surface area contributed by atoms with E-state index in [1.54, 1.807) is 0 Å². The SMILES string of the molecule is COC(=O)CN(Cc1ncno1)C(C)C. The number of carbonyl (C=O) groups is 1. The molecular formula is C9H15N3O3. The van der Waals surface area contributed by atoms with Gasteiger partial charge in [-0.1, -0.05) is 5.16 Å². The Morgan fingerprint density at radius 3 is 2.87 bits per heavy atom. The van der Waals surface area contributed by atoms with Crippen molar-refractivity contribution in [2.24, 2.45) is 0 Å². The smallest absolute Gasteiger partial charge is 0.319 e. The minimum absolute atomic E-state index is 0.205. The quantitative estimate of drug-likeness (QED) is 0.661. The Labute approximate surface area is 88.2 Å². The predicted molar refractivity (Wildman–Crippen MR) is 51.9 cm³/mol. The molecule has 0 radical (unpaired) electrons. The van der Waals surface area contributed by atoms with E-state index >= 15 is 0 Å². The van der Waals surface area contributed by atoms with Crippen molar-refractivity contribution in [1.82, 2.24) is 15.0 Å². The molecule has 1 heterocycles. The lowest BCUT2D eigenvalue weighted by atomic mass is 10.3. The molecular weight excluding hydrogens is 198 g/mol. The number of esters is 1. The number of rotatable bonds is 5. The van der Waals surface area contributed by atoms with E-state index in [2.05, 4.69) is 14.9 Å². The molecule has 0 unspecified atom stereocenters. The number of carbonyl (C=O) groups excluding carboxylic acids is 1. The van der Waals surface area contributed by atoms with Crippen LogP contribution in [0.1, 0.15) is 19.7 Å². The molecule has 0 saturated carbocycles. The van der Waals surface area contributed by atoms with Crippen LogP contribution in [0.2, 0.25) is 0 Å². The third-order valence-electron chi connectivity index (χ3n) is 2.04. The first-order chi connectivity index (χ1) is 7.13. The van der Waals surface area contributed by atoms with Crippen molar-refractivity contribution >= 4 is 5.97 Å². The Morgan fingerprint density at radius 2 is 2.40 bits per heavy atom. The summed E-state index contributed by atoms with van der Waals surface area (Å²) in [7, 11) is 1.37. The molecule has 0 N–H and O–H groups in total. The number of methoxy groups -OCH3 is 1. The topological polar surface area (TPSA) is 68.5 Å². The number of ether oxygens (including phenoxy) is 1. The molecule has 6 nitrogen and oxygen atoms in total. The molecule has 0 aliphatic rings. The van der Waals surface area contributed by atoms with Gasteiger partial charge in [-0.15, -0.1) is 0 Å². The van der Waals surface area contributed by atoms with Crippen LogP contribution >= 0.6 is 0 Å². The summed E-state index contributed by atoms with van der Waals surface area (Å²) < 4.78 is 9.48. The van der Waals surface area contributed by atoms with Crippen molar-refractivity contribution in [3.8, 4) is 0 Å². The van der Waals surface area contributed by atoms with Gasteiger partial charge in [-0.2, -0.15) is 4.98 Å². The average molecular weight is 213 g/mol. The highest BCUT2D eigenvalue weighted by atomic mass is 16.5. The third kappa shape index (κ3) is 3.67. The van der Waals surface area contributed by atoms with E-state index in [0.717, 1.165) is 0 Å². The van der Waals surface area contributed by atoms with E-state index in [1.807, 2.05) is 18.7 Å². The molecule has 15 heavy (non-hydrogen) atoms. The Bertz CT molecular complexity index is 298. The van der Waals surface area contributed by atoms with Gasteiger partial charge in [-0.25, -0.2) is 0 Å². The summed E-state index contributed by atoms with van der Waals surface area (Å²) in [6.07, 6.45) is 1.34. The van der Waals surface area contributed by atoms with Crippen molar-refractivity contribution < 1.29 is 14.1 Å². The van der Waals surface area contributed by atoms with Crippen LogP contribution in [0.5, 0.6) is 0 Å². The summed E-state index contributed by atoms with van der Waals surface area (Å²) in [5.74, 6) is 0.218. The molecule has 0 aromatic carbocycles. The third-order valence-corrected chi connectivity index (χ3v) is 2.04. The van der Waals surface area contributed by atoms with Gasteiger partial charge in [-0.3, -0.25) is 9.69 Å². The Kier molecular flexibility index (Phi) is 4.23. The fraction of sp³-hybridized carbons (Fsp3) is 0.667. The zero-order valence-corrected chi connectivity index (χ0v) is 9.14. The standard InChI is InChI=1S/C9H15N3O3/c1-7(2)12(5-9(13)14-3)4-8-10-6-11-15-8/h6-7H,4-5H2,1-3H3. The first-order valence-electron chi connectivity index (χ1n) is 4.70. The van der Waals surface area contributed by atoms with E-state index in [9.17, 15) is 4.79 Å². The zero-order valence-electron chi connectivity index (χ0n) is 9.14. The molecule has 0 saturated heterocycles. The van der Waals surface area contributed by atoms with Gasteiger partial charge in [0.05, 0.1) is 20.2 Å². The molecule has 84 valence electrons. The molecule has 0 fully saturated rings. The summed E-state index contributed by atoms with van der Waals surface area (Å²) >= 11 is 0. The van der Waals surface area contributed by atoms with Crippen molar-refractivity contribution in [1.29, 1.82) is 0 Å². The Balaban J connectivity index is 2.55. The monoisotopic (exact) mass is 213 g/mol. The Morgan fingerprint density at radius 1 is 1.67 bits per heavy atom. The second-order valence-electron chi connectivity index (χ2n) is 3.41. The highest BCUT2D eigenvalue weighted by Gasteiger charge is 2.16. The van der Waals surface area contributed by atoms with Gasteiger partial charge in [-0.05, 0) is 13.8 Å². The van der Waals surface area contributed by atoms with Gasteiger partial charge in [0.25, 0.3) is 0 Å². The van der Waals surface area contributed by atoms with Gasteiger partial charge in [0.2, 0.25) is 5.89 Å². The van der Waals surface area contributed by atoms with E-state index in [4.69, 9.17) is 4.52 Å². The van der Waals surface area contributed by atoms with Crippen LogP contribution in [0.15, 0.2) is 10.9 Å². The number of nitrogens with zero attached hydrogens (tertiary/aromatic N) is 3. The van der Waals surface area contributed by atoms with Crippen LogP contribution in [-0.4, -0.2) is 40.7 Å². The van der Waals surface area contributed by atoms with Crippen LogP contribution in [0.25, 0.3) is 0 Å². The molecule has 0 aliphatic carbocycles. The molecule has 1 aromatic heterocycles. The minimum atomic E-state index is -0.275. The van der Waals surface area contributed by atoms with Crippen molar-refractivity contribution in [2.75, 3.05) is 13.7 Å². The summed E-state index contributed by atoms with van der Waals surface area (Å²) in [6.45, 7) is 4.64. The molecule has 6 heteroatoms. The lowest BCUT2D eigenvalue weighted by Gasteiger charge is -2.22. The van der Waals surface area contributed by atoms with Crippen LogP contribution in [0.3, 0.4) is 0 Å². The van der Waals surface area contributed by atoms with Gasteiger partial charge < -0.3 is 9.26 Å². The minimum Gasteiger partial charge on any atom is -0.468 e. The molecule has 0 amide bonds. The zero-order chi connectivity index (χ0) is 11.3. The molecule has 1 aromatic rings. The summed E-state index contributed by atoms with van der Waals surface area (Å²) in [6, 6.07) is 0.205. The Hall–Kier alpha value is -1.43. The summed E-state index contributed by atoms with van der Waals surface area (Å²) in [4.78, 5) is 16.9. The lowest BCUT2D eigenvalue weighted by Crippen LogP contribution is -2.35. The van der Waals surface area contributed by atoms with Crippen LogP contribution in [-0.2, 0) is 16.1 Å². The second kappa shape index (κ2) is 5.45. The van der Waals surface area contributed by atoms with Crippen LogP contribution in [0, 0.1) is 0 Å². The first kappa shape index (κ1) is 11.6. The van der Waals surface area contributed by atoms with Crippen molar-refractivity contribution in [2.45, 2.75) is 26.4 Å². The molecule has 0 atom stereocenters. The number of hydrogen-bond acceptors (Lipinski definition) is 6. The van der Waals surface area contributed by atoms with Crippen LogP contribution < -0.4 is 0 Å². The molecule has 0 aliphatic heterocycles. The maximum absolute atomic E-state index is 11.1. The van der Waals surface area contributed by atoms with Gasteiger partial charge in [0.1, 0.15) is 0 Å². The largest absolute Gasteiger partial charge is 0.468 e. The van der Waals surface area contributed by atoms with Crippen LogP contribution in [0.4, 0.5) is 0 Å². The molecule has 1 rings (SSSR count). The first-order valence-corrected chi connectivity index (χ1v) is 4.70. The van der Waals surface area contributed by atoms with Gasteiger partial charge in [0, 0.05) is 6.04 Å². The predicted octanol–water partition coefficient (Wildman–Crippen LogP) is 0.453. The van der Waals surface area contributed by atoms with Gasteiger partial charge in [0.15, 0.2) is 6.33 Å². The molecule has 0 spiro atoms. The number of aromatic nitrogens is 2. The van der Waals surface area contributed by atoms with Crippen molar-refractivity contribution in [3.05, 3.63) is 12.2 Å². The second-order valence-corrected chi connectivity index (χ2v) is 3.41. The average Bonchev–Trinajstić information content (AvgIpc) is 2.69. The maximum atomic E-state index is 11.1. The maximum Gasteiger partial charge on any atom is 0.319 e. The fourth-order valence-corrected chi connectivity index (χ4v) is 1.09. The van der Waals surface area contributed by atoms with Crippen molar-refractivity contribution in [3.63, 3.8) is 0 Å². The summed E-state index contributed by atoms with van der Waals surface area (Å²) in [5, 5.41) is 3.50. The van der Waals surface area contributed by atoms with E-state index in [0.29, 0.717) is 12.4 Å². The van der Waals surface area contributed by atoms with E-state index < -0.39 is 0 Å². The lowest BCUT2D eigenvalue weighted by molar-refractivity contribution is -0.142. The number of hydrogen-bond donors (Lipinski definition) is 0. The molecule has 0 bridgehead atoms. The fourth-order valence-electron chi connectivity index (χ4n) is 1.09. The van der Waals surface area contributed by atoms with E-state index in [1.165, 1.54) is 13.4 Å².